The first-order valence-electron chi connectivity index (χ1n) is 4.93. The van der Waals surface area contributed by atoms with E-state index in [1.807, 2.05) is 0 Å². The minimum atomic E-state index is -0.504. The molecule has 0 aromatic carbocycles. The predicted octanol–water partition coefficient (Wildman–Crippen LogP) is 1.86. The van der Waals surface area contributed by atoms with E-state index in [4.69, 9.17) is 4.74 Å². The molecule has 2 rings (SSSR count). The highest BCUT2D eigenvalue weighted by molar-refractivity contribution is 9.13. The molecule has 92 valence electrons. The quantitative estimate of drug-likeness (QED) is 0.831. The molecule has 0 unspecified atom stereocenters. The zero-order valence-corrected chi connectivity index (χ0v) is 12.1. The molecule has 17 heavy (non-hydrogen) atoms. The van der Waals surface area contributed by atoms with Crippen LogP contribution in [-0.2, 0) is 9.53 Å². The highest BCUT2D eigenvalue weighted by atomic mass is 79.9. The summed E-state index contributed by atoms with van der Waals surface area (Å²) in [5, 5.41) is 2.72. The van der Waals surface area contributed by atoms with Gasteiger partial charge in [-0.3, -0.25) is 4.79 Å². The maximum atomic E-state index is 11.8. The van der Waals surface area contributed by atoms with Crippen molar-refractivity contribution in [3.05, 3.63) is 20.8 Å². The Labute approximate surface area is 115 Å². The average molecular weight is 366 g/mol. The van der Waals surface area contributed by atoms with Gasteiger partial charge in [-0.25, -0.2) is 0 Å². The number of amides is 1. The van der Waals surface area contributed by atoms with Crippen LogP contribution in [0.4, 0.5) is 0 Å². The largest absolute Gasteiger partial charge is 0.359 e. The van der Waals surface area contributed by atoms with Gasteiger partial charge in [-0.2, -0.15) is 0 Å². The van der Waals surface area contributed by atoms with Gasteiger partial charge in [0.1, 0.15) is 16.6 Å². The molecule has 2 heterocycles. The topological polar surface area (TPSA) is 60.3 Å². The third-order valence-corrected chi connectivity index (χ3v) is 4.66. The molecule has 1 aliphatic rings. The summed E-state index contributed by atoms with van der Waals surface area (Å²) in [6.45, 7) is 0. The molecule has 2 atom stereocenters. The van der Waals surface area contributed by atoms with E-state index in [1.165, 1.54) is 7.11 Å². The van der Waals surface area contributed by atoms with Crippen LogP contribution in [0.5, 0.6) is 0 Å². The first-order valence-corrected chi connectivity index (χ1v) is 6.52. The van der Waals surface area contributed by atoms with Crippen LogP contribution >= 0.6 is 31.9 Å². The van der Waals surface area contributed by atoms with Gasteiger partial charge in [-0.15, -0.1) is 0 Å². The number of carbonyl (C=O) groups is 2. The molecule has 1 aliphatic heterocycles. The summed E-state index contributed by atoms with van der Waals surface area (Å²) in [4.78, 5) is 22.6. The monoisotopic (exact) mass is 364 g/mol. The van der Waals surface area contributed by atoms with E-state index in [0.717, 1.165) is 15.4 Å². The lowest BCUT2D eigenvalue weighted by Crippen LogP contribution is -2.48. The summed E-state index contributed by atoms with van der Waals surface area (Å²) in [5.74, 6) is -0.217. The molecule has 1 N–H and O–H groups in total. The Morgan fingerprint density at radius 2 is 2.29 bits per heavy atom. The van der Waals surface area contributed by atoms with E-state index in [9.17, 15) is 9.59 Å². The normalized spacial score (nSPS) is 23.1. The number of ether oxygens (including phenoxy) is 1. The fourth-order valence-electron chi connectivity index (χ4n) is 1.95. The summed E-state index contributed by atoms with van der Waals surface area (Å²) in [6.07, 6.45) is 0.583. The lowest BCUT2D eigenvalue weighted by Gasteiger charge is -2.33. The molecule has 0 aliphatic carbocycles. The summed E-state index contributed by atoms with van der Waals surface area (Å²) in [7, 11) is 1.50. The number of fused-ring (bicyclic) bond motifs is 1. The Bertz CT molecular complexity index is 472. The molecular weight excluding hydrogens is 356 g/mol. The molecule has 1 aromatic rings. The maximum Gasteiger partial charge on any atom is 0.270 e. The van der Waals surface area contributed by atoms with E-state index in [1.54, 1.807) is 10.6 Å². The average Bonchev–Trinajstić information content (AvgIpc) is 2.60. The van der Waals surface area contributed by atoms with Crippen molar-refractivity contribution in [3.63, 3.8) is 0 Å². The highest BCUT2D eigenvalue weighted by Crippen LogP contribution is 2.35. The zero-order valence-electron chi connectivity index (χ0n) is 8.94. The van der Waals surface area contributed by atoms with Gasteiger partial charge in [0.2, 0.25) is 0 Å². The Morgan fingerprint density at radius 3 is 2.88 bits per heavy atom. The Morgan fingerprint density at radius 1 is 1.59 bits per heavy atom. The molecule has 5 nitrogen and oxygen atoms in total. The SMILES string of the molecule is CO[C@H]1NC(=O)c2cc(Br)c(Br)n2[C@@H]1CC=O. The number of methoxy groups -OCH3 is 1. The number of hydrogen-bond acceptors (Lipinski definition) is 3. The molecule has 0 fully saturated rings. The number of nitrogens with zero attached hydrogens (tertiary/aromatic N) is 1. The van der Waals surface area contributed by atoms with Crippen LogP contribution in [0.1, 0.15) is 23.0 Å². The summed E-state index contributed by atoms with van der Waals surface area (Å²) < 4.78 is 8.48. The maximum absolute atomic E-state index is 11.8. The number of hydrogen-bond donors (Lipinski definition) is 1. The minimum Gasteiger partial charge on any atom is -0.359 e. The molecule has 1 amide bonds. The van der Waals surface area contributed by atoms with Crippen molar-refractivity contribution in [1.82, 2.24) is 9.88 Å². The van der Waals surface area contributed by atoms with Crippen LogP contribution in [0.3, 0.4) is 0 Å². The minimum absolute atomic E-state index is 0.217. The molecule has 0 saturated carbocycles. The van der Waals surface area contributed by atoms with Crippen molar-refractivity contribution >= 4 is 44.1 Å². The second kappa shape index (κ2) is 4.91. The lowest BCUT2D eigenvalue weighted by molar-refractivity contribution is -0.109. The Kier molecular flexibility index (Phi) is 3.70. The molecule has 0 saturated heterocycles. The van der Waals surface area contributed by atoms with Crippen LogP contribution < -0.4 is 5.32 Å². The van der Waals surface area contributed by atoms with E-state index in [2.05, 4.69) is 37.2 Å². The number of nitrogens with one attached hydrogen (secondary N) is 1. The molecule has 0 spiro atoms. The van der Waals surface area contributed by atoms with Gasteiger partial charge in [0.25, 0.3) is 5.91 Å². The summed E-state index contributed by atoms with van der Waals surface area (Å²) in [5.41, 5.74) is 0.504. The van der Waals surface area contributed by atoms with Crippen molar-refractivity contribution in [1.29, 1.82) is 0 Å². The van der Waals surface area contributed by atoms with E-state index in [-0.39, 0.29) is 18.4 Å². The Balaban J connectivity index is 2.54. The van der Waals surface area contributed by atoms with Gasteiger partial charge in [0.05, 0.1) is 10.5 Å². The smallest absolute Gasteiger partial charge is 0.270 e. The van der Waals surface area contributed by atoms with Crippen LogP contribution in [0.25, 0.3) is 0 Å². The van der Waals surface area contributed by atoms with Crippen molar-refractivity contribution in [2.24, 2.45) is 0 Å². The van der Waals surface area contributed by atoms with E-state index in [0.29, 0.717) is 5.69 Å². The predicted molar refractivity (Wildman–Crippen MR) is 67.8 cm³/mol. The molecule has 7 heteroatoms. The number of halogens is 2. The van der Waals surface area contributed by atoms with Gasteiger partial charge >= 0.3 is 0 Å². The number of rotatable bonds is 3. The third kappa shape index (κ3) is 2.07. The molecular formula is C10H10Br2N2O3. The van der Waals surface area contributed by atoms with E-state index >= 15 is 0 Å². The van der Waals surface area contributed by atoms with Crippen molar-refractivity contribution in [3.8, 4) is 0 Å². The first kappa shape index (κ1) is 12.8. The van der Waals surface area contributed by atoms with E-state index < -0.39 is 6.23 Å². The number of aldehydes is 1. The van der Waals surface area contributed by atoms with Crippen LogP contribution in [-0.4, -0.2) is 30.1 Å². The molecule has 1 aromatic heterocycles. The Hall–Kier alpha value is -0.660. The second-order valence-corrected chi connectivity index (χ2v) is 5.24. The third-order valence-electron chi connectivity index (χ3n) is 2.71. The molecule has 0 radical (unpaired) electrons. The fourth-order valence-corrected chi connectivity index (χ4v) is 2.92. The zero-order chi connectivity index (χ0) is 12.6. The second-order valence-electron chi connectivity index (χ2n) is 3.64. The van der Waals surface area contributed by atoms with Crippen LogP contribution in [0.15, 0.2) is 15.1 Å². The number of aromatic nitrogens is 1. The fraction of sp³-hybridized carbons (Fsp3) is 0.400. The molecule has 0 bridgehead atoms. The standard InChI is InChI=1S/C10H10Br2N2O3/c1-17-10-6(2-3-15)14-7(9(16)13-10)4-5(11)8(14)12/h3-4,6,10H,2H2,1H3,(H,13,16)/t6-,10-/m1/s1. The van der Waals surface area contributed by atoms with Crippen molar-refractivity contribution in [2.75, 3.05) is 7.11 Å². The van der Waals surface area contributed by atoms with Crippen molar-refractivity contribution < 1.29 is 14.3 Å². The summed E-state index contributed by atoms with van der Waals surface area (Å²) in [6, 6.07) is 1.47. The highest BCUT2D eigenvalue weighted by Gasteiger charge is 2.35. The van der Waals surface area contributed by atoms with Crippen LogP contribution in [0.2, 0.25) is 0 Å². The summed E-state index contributed by atoms with van der Waals surface area (Å²) >= 11 is 6.74. The lowest BCUT2D eigenvalue weighted by atomic mass is 10.1. The van der Waals surface area contributed by atoms with Gasteiger partial charge in [0.15, 0.2) is 6.23 Å². The van der Waals surface area contributed by atoms with Gasteiger partial charge in [-0.1, -0.05) is 0 Å². The van der Waals surface area contributed by atoms with Gasteiger partial charge in [-0.05, 0) is 37.9 Å². The number of carbonyl (C=O) groups excluding carboxylic acids is 2. The van der Waals surface area contributed by atoms with Crippen LogP contribution in [0, 0.1) is 0 Å². The van der Waals surface area contributed by atoms with Gasteiger partial charge < -0.3 is 19.4 Å². The first-order chi connectivity index (χ1) is 8.10. The van der Waals surface area contributed by atoms with Crippen molar-refractivity contribution in [2.45, 2.75) is 18.7 Å². The van der Waals surface area contributed by atoms with Gasteiger partial charge in [0, 0.05) is 13.5 Å².